The van der Waals surface area contributed by atoms with Gasteiger partial charge in [0.25, 0.3) is 0 Å². The summed E-state index contributed by atoms with van der Waals surface area (Å²) in [5.74, 6) is 1.53. The van der Waals surface area contributed by atoms with Crippen LogP contribution >= 0.6 is 43.2 Å². The molecule has 2 rings (SSSR count). The van der Waals surface area contributed by atoms with Crippen molar-refractivity contribution in [1.82, 2.24) is 0 Å². The predicted octanol–water partition coefficient (Wildman–Crippen LogP) is 3.08. The zero-order valence-electron chi connectivity index (χ0n) is 9.20. The van der Waals surface area contributed by atoms with Crippen molar-refractivity contribution in [2.45, 2.75) is 6.10 Å². The second kappa shape index (κ2) is 6.38. The summed E-state index contributed by atoms with van der Waals surface area (Å²) in [5, 5.41) is 0. The highest BCUT2D eigenvalue weighted by Crippen LogP contribution is 2.50. The molecule has 0 radical (unpaired) electrons. The van der Waals surface area contributed by atoms with Crippen LogP contribution in [0.1, 0.15) is 0 Å². The molecule has 7 heteroatoms. The minimum absolute atomic E-state index is 0.0721. The van der Waals surface area contributed by atoms with Gasteiger partial charge in [0, 0.05) is 7.11 Å². The fraction of sp³-hybridized carbons (Fsp3) is 0.600. The largest absolute Gasteiger partial charge is 0.484 e. The van der Waals surface area contributed by atoms with Gasteiger partial charge in [0.05, 0.1) is 19.8 Å². The van der Waals surface area contributed by atoms with Crippen molar-refractivity contribution in [2.75, 3.05) is 33.5 Å². The van der Waals surface area contributed by atoms with Gasteiger partial charge in [0.1, 0.15) is 14.2 Å². The maximum atomic E-state index is 5.81. The predicted molar refractivity (Wildman–Crippen MR) is 72.3 cm³/mol. The average Bonchev–Trinajstić information content (AvgIpc) is 2.61. The third kappa shape index (κ3) is 3.35. The number of ether oxygens (including phenoxy) is 4. The lowest BCUT2D eigenvalue weighted by molar-refractivity contribution is -0.00611. The summed E-state index contributed by atoms with van der Waals surface area (Å²) >= 11 is 8.42. The maximum absolute atomic E-state index is 5.81. The number of fused-ring (bicyclic) bond motifs is 1. The van der Waals surface area contributed by atoms with Gasteiger partial charge in [-0.3, -0.25) is 0 Å². The number of rotatable bonds is 5. The summed E-state index contributed by atoms with van der Waals surface area (Å²) in [6.45, 7) is 2.16. The SMILES string of the molecule is COCCOCC1COc2c(Br)sc(Br)c2O1. The smallest absolute Gasteiger partial charge is 0.188 e. The standard InChI is InChI=1S/C10H12Br2O4S/c1-13-2-3-14-4-6-5-15-7-8(16-6)10(12)17-9(7)11/h6H,2-5H2,1H3. The van der Waals surface area contributed by atoms with Crippen LogP contribution < -0.4 is 9.47 Å². The van der Waals surface area contributed by atoms with Crippen molar-refractivity contribution in [3.63, 3.8) is 0 Å². The van der Waals surface area contributed by atoms with E-state index in [-0.39, 0.29) is 6.10 Å². The average molecular weight is 388 g/mol. The molecular formula is C10H12Br2O4S. The minimum Gasteiger partial charge on any atom is -0.484 e. The Balaban J connectivity index is 1.88. The van der Waals surface area contributed by atoms with E-state index in [4.69, 9.17) is 18.9 Å². The summed E-state index contributed by atoms with van der Waals surface area (Å²) in [7, 11) is 1.65. The molecule has 1 unspecified atom stereocenters. The molecule has 0 aliphatic carbocycles. The highest BCUT2D eigenvalue weighted by Gasteiger charge is 2.27. The van der Waals surface area contributed by atoms with Gasteiger partial charge in [-0.05, 0) is 31.9 Å². The summed E-state index contributed by atoms with van der Waals surface area (Å²) in [6.07, 6.45) is -0.0721. The first-order valence-corrected chi connectivity index (χ1v) is 7.46. The van der Waals surface area contributed by atoms with Crippen molar-refractivity contribution in [1.29, 1.82) is 0 Å². The van der Waals surface area contributed by atoms with E-state index < -0.39 is 0 Å². The Hall–Kier alpha value is 0.180. The third-order valence-corrected chi connectivity index (χ3v) is 4.60. The molecule has 1 aromatic rings. The molecule has 1 aromatic heterocycles. The molecule has 0 N–H and O–H groups in total. The summed E-state index contributed by atoms with van der Waals surface area (Å²) < 4.78 is 23.6. The molecule has 17 heavy (non-hydrogen) atoms. The molecule has 0 aromatic carbocycles. The van der Waals surface area contributed by atoms with Crippen LogP contribution in [-0.4, -0.2) is 39.6 Å². The van der Waals surface area contributed by atoms with Crippen molar-refractivity contribution < 1.29 is 18.9 Å². The zero-order valence-corrected chi connectivity index (χ0v) is 13.2. The van der Waals surface area contributed by atoms with Gasteiger partial charge in [0.2, 0.25) is 0 Å². The van der Waals surface area contributed by atoms with Crippen LogP contribution in [0.5, 0.6) is 11.5 Å². The Labute approximate surface area is 120 Å². The van der Waals surface area contributed by atoms with Crippen LogP contribution in [0.2, 0.25) is 0 Å². The molecule has 0 saturated carbocycles. The van der Waals surface area contributed by atoms with Gasteiger partial charge in [-0.1, -0.05) is 0 Å². The molecule has 0 saturated heterocycles. The number of methoxy groups -OCH3 is 1. The molecule has 0 spiro atoms. The molecular weight excluding hydrogens is 376 g/mol. The van der Waals surface area contributed by atoms with Crippen LogP contribution in [0.15, 0.2) is 7.57 Å². The third-order valence-electron chi connectivity index (χ3n) is 2.18. The van der Waals surface area contributed by atoms with Crippen LogP contribution in [0.3, 0.4) is 0 Å². The Morgan fingerprint density at radius 2 is 2.06 bits per heavy atom. The Bertz CT molecular complexity index is 383. The maximum Gasteiger partial charge on any atom is 0.188 e. The van der Waals surface area contributed by atoms with Crippen LogP contribution in [0.25, 0.3) is 0 Å². The number of hydrogen-bond acceptors (Lipinski definition) is 5. The molecule has 0 fully saturated rings. The van der Waals surface area contributed by atoms with E-state index in [0.29, 0.717) is 26.4 Å². The second-order valence-electron chi connectivity index (χ2n) is 3.43. The fourth-order valence-corrected chi connectivity index (χ4v) is 4.21. The van der Waals surface area contributed by atoms with Gasteiger partial charge < -0.3 is 18.9 Å². The lowest BCUT2D eigenvalue weighted by Crippen LogP contribution is -2.33. The molecule has 0 bridgehead atoms. The first-order valence-electron chi connectivity index (χ1n) is 5.06. The molecule has 2 heterocycles. The lowest BCUT2D eigenvalue weighted by Gasteiger charge is -2.24. The van der Waals surface area contributed by atoms with E-state index in [2.05, 4.69) is 31.9 Å². The Kier molecular flexibility index (Phi) is 5.10. The second-order valence-corrected chi connectivity index (χ2v) is 7.08. The molecule has 1 aliphatic rings. The molecule has 0 amide bonds. The molecule has 1 aliphatic heterocycles. The van der Waals surface area contributed by atoms with Gasteiger partial charge in [-0.25, -0.2) is 0 Å². The summed E-state index contributed by atoms with van der Waals surface area (Å²) in [5.41, 5.74) is 0. The van der Waals surface area contributed by atoms with E-state index in [1.54, 1.807) is 18.4 Å². The van der Waals surface area contributed by atoms with Crippen molar-refractivity contribution in [2.24, 2.45) is 0 Å². The van der Waals surface area contributed by atoms with E-state index in [1.807, 2.05) is 0 Å². The minimum atomic E-state index is -0.0721. The van der Waals surface area contributed by atoms with Gasteiger partial charge in [0.15, 0.2) is 17.6 Å². The quantitative estimate of drug-likeness (QED) is 0.727. The van der Waals surface area contributed by atoms with E-state index in [1.165, 1.54) is 0 Å². The Morgan fingerprint density at radius 1 is 1.29 bits per heavy atom. The van der Waals surface area contributed by atoms with Crippen molar-refractivity contribution in [3.8, 4) is 11.5 Å². The monoisotopic (exact) mass is 386 g/mol. The fourth-order valence-electron chi connectivity index (χ4n) is 1.39. The number of halogens is 2. The molecule has 96 valence electrons. The van der Waals surface area contributed by atoms with Crippen LogP contribution in [0, 0.1) is 0 Å². The normalized spacial score (nSPS) is 18.4. The highest BCUT2D eigenvalue weighted by atomic mass is 79.9. The van der Waals surface area contributed by atoms with Gasteiger partial charge >= 0.3 is 0 Å². The topological polar surface area (TPSA) is 36.9 Å². The van der Waals surface area contributed by atoms with E-state index >= 15 is 0 Å². The van der Waals surface area contributed by atoms with Gasteiger partial charge in [-0.15, -0.1) is 11.3 Å². The van der Waals surface area contributed by atoms with Gasteiger partial charge in [-0.2, -0.15) is 0 Å². The lowest BCUT2D eigenvalue weighted by atomic mass is 10.3. The summed E-state index contributed by atoms with van der Waals surface area (Å²) in [6, 6.07) is 0. The molecule has 4 nitrogen and oxygen atoms in total. The number of thiophene rings is 1. The van der Waals surface area contributed by atoms with Crippen molar-refractivity contribution in [3.05, 3.63) is 7.57 Å². The van der Waals surface area contributed by atoms with E-state index in [0.717, 1.165) is 19.1 Å². The van der Waals surface area contributed by atoms with Crippen LogP contribution in [0.4, 0.5) is 0 Å². The van der Waals surface area contributed by atoms with E-state index in [9.17, 15) is 0 Å². The Morgan fingerprint density at radius 3 is 2.82 bits per heavy atom. The first kappa shape index (κ1) is 13.6. The molecule has 1 atom stereocenters. The highest BCUT2D eigenvalue weighted by molar-refractivity contribution is 9.12. The van der Waals surface area contributed by atoms with Crippen LogP contribution in [-0.2, 0) is 9.47 Å². The first-order chi connectivity index (χ1) is 8.22. The zero-order chi connectivity index (χ0) is 12.3. The number of hydrogen-bond donors (Lipinski definition) is 0. The summed E-state index contributed by atoms with van der Waals surface area (Å²) in [4.78, 5) is 0. The van der Waals surface area contributed by atoms with Crippen molar-refractivity contribution >= 4 is 43.2 Å².